The molecule has 3 heterocycles. The maximum absolute atomic E-state index is 12.7. The van der Waals surface area contributed by atoms with Crippen LogP contribution in [-0.4, -0.2) is 33.6 Å². The van der Waals surface area contributed by atoms with Crippen molar-refractivity contribution in [2.75, 3.05) is 11.9 Å². The van der Waals surface area contributed by atoms with Crippen LogP contribution in [0.5, 0.6) is 0 Å². The predicted octanol–water partition coefficient (Wildman–Crippen LogP) is 3.57. The van der Waals surface area contributed by atoms with E-state index < -0.39 is 6.10 Å². The van der Waals surface area contributed by atoms with Gasteiger partial charge >= 0.3 is 6.03 Å². The van der Waals surface area contributed by atoms with Gasteiger partial charge < -0.3 is 14.4 Å². The average molecular weight is 329 g/mol. The number of anilines is 1. The van der Waals surface area contributed by atoms with Crippen molar-refractivity contribution in [2.24, 2.45) is 0 Å². The van der Waals surface area contributed by atoms with Gasteiger partial charge in [-0.25, -0.2) is 9.78 Å². The molecule has 6 nitrogen and oxygen atoms in total. The zero-order chi connectivity index (χ0) is 16.8. The number of nitrogens with one attached hydrogen (secondary N) is 1. The van der Waals surface area contributed by atoms with Gasteiger partial charge in [-0.2, -0.15) is 0 Å². The van der Waals surface area contributed by atoms with Crippen LogP contribution in [0.25, 0.3) is 0 Å². The van der Waals surface area contributed by atoms with Crippen LogP contribution in [0.2, 0.25) is 0 Å². The zero-order valence-corrected chi connectivity index (χ0v) is 13.6. The van der Waals surface area contributed by atoms with Crippen LogP contribution in [0.1, 0.15) is 44.0 Å². The van der Waals surface area contributed by atoms with Crippen molar-refractivity contribution in [3.63, 3.8) is 0 Å². The fourth-order valence-corrected chi connectivity index (χ4v) is 3.16. The van der Waals surface area contributed by atoms with Crippen LogP contribution in [0.15, 0.2) is 47.2 Å². The molecule has 1 aliphatic rings. The number of amides is 2. The topological polar surface area (TPSA) is 78.6 Å². The first kappa shape index (κ1) is 16.5. The minimum Gasteiger partial charge on any atom is -0.467 e. The minimum atomic E-state index is -0.701. The lowest BCUT2D eigenvalue weighted by Crippen LogP contribution is -2.43. The Kier molecular flexibility index (Phi) is 5.48. The van der Waals surface area contributed by atoms with Gasteiger partial charge in [-0.3, -0.25) is 5.32 Å². The summed E-state index contributed by atoms with van der Waals surface area (Å²) >= 11 is 0. The van der Waals surface area contributed by atoms with E-state index in [9.17, 15) is 9.90 Å². The van der Waals surface area contributed by atoms with E-state index in [1.165, 1.54) is 0 Å². The molecule has 0 bridgehead atoms. The minimum absolute atomic E-state index is 0.0173. The summed E-state index contributed by atoms with van der Waals surface area (Å²) in [5.74, 6) is 1.08. The summed E-state index contributed by atoms with van der Waals surface area (Å²) in [6.45, 7) is 0.689. The summed E-state index contributed by atoms with van der Waals surface area (Å²) in [4.78, 5) is 18.6. The summed E-state index contributed by atoms with van der Waals surface area (Å²) in [5.41, 5.74) is 0. The monoisotopic (exact) mass is 329 g/mol. The maximum Gasteiger partial charge on any atom is 0.323 e. The SMILES string of the molecule is O=C(Nc1ccccn1)N1CCCCCC1CC(O)c1ccco1. The van der Waals surface area contributed by atoms with Crippen LogP contribution in [-0.2, 0) is 0 Å². The quantitative estimate of drug-likeness (QED) is 0.899. The Morgan fingerprint density at radius 1 is 1.33 bits per heavy atom. The number of carbonyl (C=O) groups excluding carboxylic acids is 1. The molecule has 2 aromatic heterocycles. The van der Waals surface area contributed by atoms with E-state index in [1.54, 1.807) is 30.7 Å². The van der Waals surface area contributed by atoms with Crippen LogP contribution >= 0.6 is 0 Å². The number of rotatable bonds is 4. The molecule has 24 heavy (non-hydrogen) atoms. The molecule has 0 saturated carbocycles. The fourth-order valence-electron chi connectivity index (χ4n) is 3.16. The second-order valence-corrected chi connectivity index (χ2v) is 6.11. The van der Waals surface area contributed by atoms with Gasteiger partial charge in [-0.1, -0.05) is 18.9 Å². The third-order valence-electron chi connectivity index (χ3n) is 4.40. The fraction of sp³-hybridized carbons (Fsp3) is 0.444. The molecule has 2 atom stereocenters. The van der Waals surface area contributed by atoms with Gasteiger partial charge in [0.1, 0.15) is 17.7 Å². The number of hydrogen-bond acceptors (Lipinski definition) is 4. The number of aliphatic hydroxyl groups is 1. The number of hydrogen-bond donors (Lipinski definition) is 2. The van der Waals surface area contributed by atoms with Crippen LogP contribution < -0.4 is 5.32 Å². The van der Waals surface area contributed by atoms with E-state index in [-0.39, 0.29) is 12.1 Å². The summed E-state index contributed by atoms with van der Waals surface area (Å²) in [7, 11) is 0. The van der Waals surface area contributed by atoms with E-state index >= 15 is 0 Å². The molecule has 1 fully saturated rings. The molecule has 0 spiro atoms. The van der Waals surface area contributed by atoms with E-state index in [2.05, 4.69) is 10.3 Å². The molecular formula is C18H23N3O3. The van der Waals surface area contributed by atoms with E-state index in [0.29, 0.717) is 24.5 Å². The molecule has 2 unspecified atom stereocenters. The number of carbonyl (C=O) groups is 1. The van der Waals surface area contributed by atoms with Crippen molar-refractivity contribution >= 4 is 11.8 Å². The lowest BCUT2D eigenvalue weighted by atomic mass is 10.0. The normalized spacial score (nSPS) is 19.5. The first-order valence-corrected chi connectivity index (χ1v) is 8.44. The number of nitrogens with zero attached hydrogens (tertiary/aromatic N) is 2. The second kappa shape index (κ2) is 7.97. The Balaban J connectivity index is 1.68. The Morgan fingerprint density at radius 3 is 3.00 bits per heavy atom. The Bertz CT molecular complexity index is 630. The van der Waals surface area contributed by atoms with Crippen molar-refractivity contribution in [3.05, 3.63) is 48.6 Å². The van der Waals surface area contributed by atoms with Gasteiger partial charge in [-0.05, 0) is 37.1 Å². The van der Waals surface area contributed by atoms with E-state index in [0.717, 1.165) is 25.7 Å². The van der Waals surface area contributed by atoms with Gasteiger partial charge in [0.25, 0.3) is 0 Å². The predicted molar refractivity (Wildman–Crippen MR) is 90.5 cm³/mol. The smallest absolute Gasteiger partial charge is 0.323 e. The first-order chi connectivity index (χ1) is 11.7. The molecular weight excluding hydrogens is 306 g/mol. The number of pyridine rings is 1. The van der Waals surface area contributed by atoms with Crippen molar-refractivity contribution in [2.45, 2.75) is 44.2 Å². The number of furan rings is 1. The maximum atomic E-state index is 12.7. The van der Waals surface area contributed by atoms with Gasteiger partial charge in [0.05, 0.1) is 6.26 Å². The molecule has 2 aromatic rings. The number of likely N-dealkylation sites (tertiary alicyclic amines) is 1. The van der Waals surface area contributed by atoms with Gasteiger partial charge in [0.15, 0.2) is 0 Å². The second-order valence-electron chi connectivity index (χ2n) is 6.11. The van der Waals surface area contributed by atoms with Crippen LogP contribution in [0, 0.1) is 0 Å². The summed E-state index contributed by atoms with van der Waals surface area (Å²) in [6, 6.07) is 8.76. The van der Waals surface area contributed by atoms with Gasteiger partial charge in [-0.15, -0.1) is 0 Å². The number of aromatic nitrogens is 1. The molecule has 0 aliphatic carbocycles. The summed E-state index contributed by atoms with van der Waals surface area (Å²) < 4.78 is 5.28. The van der Waals surface area contributed by atoms with Crippen molar-refractivity contribution < 1.29 is 14.3 Å². The molecule has 1 saturated heterocycles. The highest BCUT2D eigenvalue weighted by molar-refractivity contribution is 5.88. The highest BCUT2D eigenvalue weighted by atomic mass is 16.4. The van der Waals surface area contributed by atoms with Gasteiger partial charge in [0, 0.05) is 25.2 Å². The molecule has 0 radical (unpaired) electrons. The van der Waals surface area contributed by atoms with E-state index in [1.807, 2.05) is 17.0 Å². The van der Waals surface area contributed by atoms with E-state index in [4.69, 9.17) is 4.42 Å². The molecule has 3 rings (SSSR count). The molecule has 6 heteroatoms. The standard InChI is InChI=1S/C18H23N3O3/c22-15(16-8-6-12-24-16)13-14-7-2-1-5-11-21(14)18(23)20-17-9-3-4-10-19-17/h3-4,6,8-10,12,14-15,22H,1-2,5,7,11,13H2,(H,19,20,23). The van der Waals surface area contributed by atoms with Crippen LogP contribution in [0.3, 0.4) is 0 Å². The zero-order valence-electron chi connectivity index (χ0n) is 13.6. The average Bonchev–Trinajstić information content (AvgIpc) is 3.03. The lowest BCUT2D eigenvalue weighted by Gasteiger charge is -2.31. The van der Waals surface area contributed by atoms with Crippen molar-refractivity contribution in [1.29, 1.82) is 0 Å². The number of aliphatic hydroxyl groups excluding tert-OH is 1. The number of urea groups is 1. The van der Waals surface area contributed by atoms with Crippen molar-refractivity contribution in [3.8, 4) is 0 Å². The first-order valence-electron chi connectivity index (χ1n) is 8.44. The molecule has 128 valence electrons. The molecule has 2 N–H and O–H groups in total. The summed E-state index contributed by atoms with van der Waals surface area (Å²) in [5, 5.41) is 13.2. The highest BCUT2D eigenvalue weighted by Gasteiger charge is 2.28. The van der Waals surface area contributed by atoms with Crippen LogP contribution in [0.4, 0.5) is 10.6 Å². The molecule has 2 amide bonds. The summed E-state index contributed by atoms with van der Waals surface area (Å²) in [6.07, 6.45) is 6.99. The van der Waals surface area contributed by atoms with Crippen molar-refractivity contribution in [1.82, 2.24) is 9.88 Å². The Morgan fingerprint density at radius 2 is 2.25 bits per heavy atom. The highest BCUT2D eigenvalue weighted by Crippen LogP contribution is 2.27. The third-order valence-corrected chi connectivity index (χ3v) is 4.40. The van der Waals surface area contributed by atoms with Gasteiger partial charge in [0.2, 0.25) is 0 Å². The third kappa shape index (κ3) is 4.14. The molecule has 0 aromatic carbocycles. The Labute approximate surface area is 141 Å². The Hall–Kier alpha value is -2.34. The largest absolute Gasteiger partial charge is 0.467 e. The molecule has 1 aliphatic heterocycles. The lowest BCUT2D eigenvalue weighted by molar-refractivity contribution is 0.0987.